The standard InChI is InChI=1S/C19H26N2O3S/c1-15-5-9-17(10-6-15)21(14-18(22)13-20(3)4)25(23,24)19-11-7-16(2)8-12-19/h5-12,18,22H,13-14H2,1-4H3/t18-/m1/s1. The predicted molar refractivity (Wildman–Crippen MR) is 101 cm³/mol. The van der Waals surface area contributed by atoms with Crippen molar-refractivity contribution in [2.24, 2.45) is 0 Å². The van der Waals surface area contributed by atoms with E-state index < -0.39 is 16.1 Å². The summed E-state index contributed by atoms with van der Waals surface area (Å²) < 4.78 is 27.6. The fourth-order valence-corrected chi connectivity index (χ4v) is 4.06. The molecular weight excluding hydrogens is 336 g/mol. The maximum Gasteiger partial charge on any atom is 0.264 e. The van der Waals surface area contributed by atoms with Crippen molar-refractivity contribution in [3.63, 3.8) is 0 Å². The molecule has 0 fully saturated rings. The molecule has 2 rings (SSSR count). The molecule has 0 heterocycles. The Morgan fingerprint density at radius 1 is 0.880 bits per heavy atom. The first-order chi connectivity index (χ1) is 11.7. The predicted octanol–water partition coefficient (Wildman–Crippen LogP) is 2.42. The molecular formula is C19H26N2O3S. The summed E-state index contributed by atoms with van der Waals surface area (Å²) in [4.78, 5) is 2.05. The highest BCUT2D eigenvalue weighted by atomic mass is 32.2. The molecule has 0 bridgehead atoms. The second kappa shape index (κ2) is 7.99. The highest BCUT2D eigenvalue weighted by molar-refractivity contribution is 7.92. The SMILES string of the molecule is Cc1ccc(N(C[C@H](O)CN(C)C)S(=O)(=O)c2ccc(C)cc2)cc1. The zero-order valence-electron chi connectivity index (χ0n) is 15.2. The summed E-state index contributed by atoms with van der Waals surface area (Å²) in [7, 11) is -0.0774. The molecule has 0 amide bonds. The summed E-state index contributed by atoms with van der Waals surface area (Å²) in [5.74, 6) is 0. The van der Waals surface area contributed by atoms with E-state index in [1.807, 2.05) is 45.0 Å². The second-order valence-electron chi connectivity index (χ2n) is 6.60. The number of aliphatic hydroxyl groups is 1. The Labute approximate surface area is 150 Å². The summed E-state index contributed by atoms with van der Waals surface area (Å²) in [6.45, 7) is 4.24. The number of hydrogen-bond donors (Lipinski definition) is 1. The van der Waals surface area contributed by atoms with Crippen molar-refractivity contribution in [1.82, 2.24) is 4.90 Å². The normalized spacial score (nSPS) is 13.0. The van der Waals surface area contributed by atoms with Crippen molar-refractivity contribution in [3.8, 4) is 0 Å². The van der Waals surface area contributed by atoms with Gasteiger partial charge in [-0.2, -0.15) is 0 Å². The van der Waals surface area contributed by atoms with E-state index in [0.717, 1.165) is 11.1 Å². The molecule has 0 radical (unpaired) electrons. The van der Waals surface area contributed by atoms with Crippen LogP contribution in [0.15, 0.2) is 53.4 Å². The van der Waals surface area contributed by atoms with Crippen LogP contribution in [0.3, 0.4) is 0 Å². The molecule has 2 aromatic carbocycles. The third-order valence-corrected chi connectivity index (χ3v) is 5.69. The molecule has 1 atom stereocenters. The van der Waals surface area contributed by atoms with Gasteiger partial charge in [0, 0.05) is 6.54 Å². The number of hydrogen-bond acceptors (Lipinski definition) is 4. The van der Waals surface area contributed by atoms with Crippen molar-refractivity contribution in [2.75, 3.05) is 31.5 Å². The van der Waals surface area contributed by atoms with Crippen LogP contribution in [-0.4, -0.2) is 51.7 Å². The van der Waals surface area contributed by atoms with Crippen LogP contribution in [-0.2, 0) is 10.0 Å². The van der Waals surface area contributed by atoms with E-state index in [1.54, 1.807) is 36.4 Å². The molecule has 0 unspecified atom stereocenters. The molecule has 2 aromatic rings. The topological polar surface area (TPSA) is 60.9 Å². The van der Waals surface area contributed by atoms with E-state index in [1.165, 1.54) is 4.31 Å². The van der Waals surface area contributed by atoms with E-state index in [2.05, 4.69) is 0 Å². The summed E-state index contributed by atoms with van der Waals surface area (Å²) >= 11 is 0. The van der Waals surface area contributed by atoms with Crippen molar-refractivity contribution in [2.45, 2.75) is 24.8 Å². The summed E-state index contributed by atoms with van der Waals surface area (Å²) in [5, 5.41) is 10.3. The number of anilines is 1. The lowest BCUT2D eigenvalue weighted by atomic mass is 10.2. The maximum atomic E-state index is 13.2. The van der Waals surface area contributed by atoms with E-state index in [-0.39, 0.29) is 11.4 Å². The fourth-order valence-electron chi connectivity index (χ4n) is 2.56. The molecule has 0 spiro atoms. The van der Waals surface area contributed by atoms with Crippen LogP contribution in [0.25, 0.3) is 0 Å². The summed E-state index contributed by atoms with van der Waals surface area (Å²) in [6, 6.07) is 14.0. The Balaban J connectivity index is 2.42. The average Bonchev–Trinajstić information content (AvgIpc) is 2.53. The number of aryl methyl sites for hydroxylation is 2. The lowest BCUT2D eigenvalue weighted by Gasteiger charge is -2.28. The van der Waals surface area contributed by atoms with E-state index >= 15 is 0 Å². The molecule has 5 nitrogen and oxygen atoms in total. The minimum absolute atomic E-state index is 0.00253. The van der Waals surface area contributed by atoms with Crippen molar-refractivity contribution in [1.29, 1.82) is 0 Å². The number of aliphatic hydroxyl groups excluding tert-OH is 1. The van der Waals surface area contributed by atoms with Gasteiger partial charge in [0.1, 0.15) is 0 Å². The monoisotopic (exact) mass is 362 g/mol. The molecule has 25 heavy (non-hydrogen) atoms. The number of likely N-dealkylation sites (N-methyl/N-ethyl adjacent to an activating group) is 1. The lowest BCUT2D eigenvalue weighted by molar-refractivity contribution is 0.145. The first-order valence-electron chi connectivity index (χ1n) is 8.19. The van der Waals surface area contributed by atoms with Crippen molar-refractivity contribution < 1.29 is 13.5 Å². The van der Waals surface area contributed by atoms with Gasteiger partial charge in [0.25, 0.3) is 10.0 Å². The first kappa shape index (κ1) is 19.4. The third kappa shape index (κ3) is 5.04. The summed E-state index contributed by atoms with van der Waals surface area (Å²) in [5.41, 5.74) is 2.59. The van der Waals surface area contributed by atoms with Gasteiger partial charge in [-0.1, -0.05) is 35.4 Å². The highest BCUT2D eigenvalue weighted by Crippen LogP contribution is 2.24. The zero-order chi connectivity index (χ0) is 18.6. The van der Waals surface area contributed by atoms with Crippen molar-refractivity contribution >= 4 is 15.7 Å². The van der Waals surface area contributed by atoms with Crippen LogP contribution >= 0.6 is 0 Å². The van der Waals surface area contributed by atoms with E-state index in [4.69, 9.17) is 0 Å². The van der Waals surface area contributed by atoms with Crippen LogP contribution in [0.2, 0.25) is 0 Å². The van der Waals surface area contributed by atoms with Crippen LogP contribution in [0.5, 0.6) is 0 Å². The number of benzene rings is 2. The highest BCUT2D eigenvalue weighted by Gasteiger charge is 2.27. The Kier molecular flexibility index (Phi) is 6.21. The largest absolute Gasteiger partial charge is 0.390 e. The van der Waals surface area contributed by atoms with Gasteiger partial charge in [-0.05, 0) is 52.2 Å². The van der Waals surface area contributed by atoms with Gasteiger partial charge in [0.15, 0.2) is 0 Å². The molecule has 1 N–H and O–H groups in total. The number of nitrogens with zero attached hydrogens (tertiary/aromatic N) is 2. The molecule has 0 aliphatic heterocycles. The van der Waals surface area contributed by atoms with Gasteiger partial charge in [0.05, 0.1) is 23.2 Å². The lowest BCUT2D eigenvalue weighted by Crippen LogP contribution is -2.41. The molecule has 0 saturated heterocycles. The molecule has 136 valence electrons. The number of rotatable bonds is 7. The van der Waals surface area contributed by atoms with Crippen LogP contribution in [0.1, 0.15) is 11.1 Å². The molecule has 0 saturated carbocycles. The van der Waals surface area contributed by atoms with Crippen molar-refractivity contribution in [3.05, 3.63) is 59.7 Å². The molecule has 6 heteroatoms. The fraction of sp³-hybridized carbons (Fsp3) is 0.368. The molecule has 0 aromatic heterocycles. The number of sulfonamides is 1. The maximum absolute atomic E-state index is 13.2. The zero-order valence-corrected chi connectivity index (χ0v) is 16.0. The molecule has 0 aliphatic rings. The third-order valence-electron chi connectivity index (χ3n) is 3.88. The second-order valence-corrected chi connectivity index (χ2v) is 8.46. The minimum Gasteiger partial charge on any atom is -0.390 e. The van der Waals surface area contributed by atoms with Crippen LogP contribution < -0.4 is 4.31 Å². The first-order valence-corrected chi connectivity index (χ1v) is 9.63. The van der Waals surface area contributed by atoms with Gasteiger partial charge >= 0.3 is 0 Å². The van der Waals surface area contributed by atoms with E-state index in [9.17, 15) is 13.5 Å². The van der Waals surface area contributed by atoms with Gasteiger partial charge in [-0.25, -0.2) is 8.42 Å². The Bertz CT molecular complexity index is 784. The molecule has 0 aliphatic carbocycles. The quantitative estimate of drug-likeness (QED) is 0.822. The van der Waals surface area contributed by atoms with E-state index in [0.29, 0.717) is 12.2 Å². The Morgan fingerprint density at radius 2 is 1.36 bits per heavy atom. The Hall–Kier alpha value is -1.89. The average molecular weight is 362 g/mol. The van der Waals surface area contributed by atoms with Gasteiger partial charge in [-0.15, -0.1) is 0 Å². The Morgan fingerprint density at radius 3 is 1.84 bits per heavy atom. The summed E-state index contributed by atoms with van der Waals surface area (Å²) in [6.07, 6.45) is -0.795. The van der Waals surface area contributed by atoms with Gasteiger partial charge < -0.3 is 10.0 Å². The van der Waals surface area contributed by atoms with Gasteiger partial charge in [-0.3, -0.25) is 4.31 Å². The minimum atomic E-state index is -3.76. The van der Waals surface area contributed by atoms with Crippen LogP contribution in [0, 0.1) is 13.8 Å². The smallest absolute Gasteiger partial charge is 0.264 e. The van der Waals surface area contributed by atoms with Crippen LogP contribution in [0.4, 0.5) is 5.69 Å². The van der Waals surface area contributed by atoms with Gasteiger partial charge in [0.2, 0.25) is 0 Å².